The number of imidazole rings is 1. The minimum absolute atomic E-state index is 0.704. The zero-order valence-electron chi connectivity index (χ0n) is 10.9. The molecule has 0 aliphatic heterocycles. The Labute approximate surface area is 124 Å². The second kappa shape index (κ2) is 4.39. The number of aromatic nitrogens is 3. The van der Waals surface area contributed by atoms with E-state index in [1.165, 1.54) is 0 Å². The van der Waals surface area contributed by atoms with Gasteiger partial charge in [-0.1, -0.05) is 11.6 Å². The largest absolute Gasteiger partial charge is 0.313 e. The molecular formula is C14H13BrClN3. The fraction of sp³-hybridized carbons (Fsp3) is 0.214. The summed E-state index contributed by atoms with van der Waals surface area (Å²) in [6.07, 6.45) is 0. The standard InChI is InChI=1S/C14H13BrClN3/c1-8-4-5-9(2)19(8)14-17-13-11(15)6-10(16)7-12(13)18(14)3/h4-7H,1-3H3. The molecule has 0 radical (unpaired) electrons. The Balaban J connectivity index is 2.38. The number of hydrogen-bond donors (Lipinski definition) is 0. The molecule has 0 atom stereocenters. The summed E-state index contributed by atoms with van der Waals surface area (Å²) in [5, 5.41) is 0.704. The first-order valence-corrected chi connectivity index (χ1v) is 7.13. The Hall–Kier alpha value is -1.26. The van der Waals surface area contributed by atoms with Crippen LogP contribution in [0.4, 0.5) is 0 Å². The summed E-state index contributed by atoms with van der Waals surface area (Å²) >= 11 is 9.64. The van der Waals surface area contributed by atoms with E-state index < -0.39 is 0 Å². The summed E-state index contributed by atoms with van der Waals surface area (Å²) in [5.74, 6) is 0.901. The van der Waals surface area contributed by atoms with E-state index in [-0.39, 0.29) is 0 Å². The first-order chi connectivity index (χ1) is 8.99. The predicted octanol–water partition coefficient (Wildman–Crippen LogP) is 4.40. The highest BCUT2D eigenvalue weighted by atomic mass is 79.9. The summed E-state index contributed by atoms with van der Waals surface area (Å²) < 4.78 is 5.12. The van der Waals surface area contributed by atoms with Crippen molar-refractivity contribution in [2.75, 3.05) is 0 Å². The topological polar surface area (TPSA) is 22.8 Å². The zero-order valence-corrected chi connectivity index (χ0v) is 13.2. The molecule has 0 saturated carbocycles. The van der Waals surface area contributed by atoms with E-state index in [4.69, 9.17) is 16.6 Å². The number of benzene rings is 1. The third-order valence-electron chi connectivity index (χ3n) is 3.35. The van der Waals surface area contributed by atoms with Crippen LogP contribution < -0.4 is 0 Å². The van der Waals surface area contributed by atoms with Crippen LogP contribution in [0.25, 0.3) is 17.0 Å². The quantitative estimate of drug-likeness (QED) is 0.645. The van der Waals surface area contributed by atoms with Crippen molar-refractivity contribution in [1.82, 2.24) is 14.1 Å². The number of nitrogens with zero attached hydrogens (tertiary/aromatic N) is 3. The number of halogens is 2. The SMILES string of the molecule is Cc1ccc(C)n1-c1nc2c(Br)cc(Cl)cc2n1C. The molecule has 19 heavy (non-hydrogen) atoms. The van der Waals surface area contributed by atoms with Crippen LogP contribution in [0.3, 0.4) is 0 Å². The van der Waals surface area contributed by atoms with Crippen LogP contribution in [-0.4, -0.2) is 14.1 Å². The molecule has 0 aliphatic rings. The van der Waals surface area contributed by atoms with Crippen molar-refractivity contribution >= 4 is 38.6 Å². The maximum atomic E-state index is 6.11. The Morgan fingerprint density at radius 3 is 2.42 bits per heavy atom. The first-order valence-electron chi connectivity index (χ1n) is 5.96. The molecule has 2 heterocycles. The third kappa shape index (κ3) is 1.90. The summed E-state index contributed by atoms with van der Waals surface area (Å²) in [4.78, 5) is 4.74. The normalized spacial score (nSPS) is 11.4. The van der Waals surface area contributed by atoms with E-state index >= 15 is 0 Å². The second-order valence-electron chi connectivity index (χ2n) is 4.68. The smallest absolute Gasteiger partial charge is 0.215 e. The fourth-order valence-corrected chi connectivity index (χ4v) is 3.27. The van der Waals surface area contributed by atoms with Gasteiger partial charge in [-0.2, -0.15) is 0 Å². The average molecular weight is 339 g/mol. The van der Waals surface area contributed by atoms with E-state index in [0.29, 0.717) is 5.02 Å². The van der Waals surface area contributed by atoms with Gasteiger partial charge in [-0.15, -0.1) is 0 Å². The van der Waals surface area contributed by atoms with Crippen LogP contribution in [0.1, 0.15) is 11.4 Å². The van der Waals surface area contributed by atoms with E-state index in [0.717, 1.165) is 32.8 Å². The van der Waals surface area contributed by atoms with Gasteiger partial charge in [0.05, 0.1) is 5.52 Å². The van der Waals surface area contributed by atoms with Crippen molar-refractivity contribution in [1.29, 1.82) is 0 Å². The molecule has 0 bridgehead atoms. The molecule has 3 nitrogen and oxygen atoms in total. The highest BCUT2D eigenvalue weighted by Gasteiger charge is 2.15. The van der Waals surface area contributed by atoms with Gasteiger partial charge in [0, 0.05) is 27.9 Å². The molecular weight excluding hydrogens is 326 g/mol. The van der Waals surface area contributed by atoms with E-state index in [1.807, 2.05) is 19.2 Å². The summed E-state index contributed by atoms with van der Waals surface area (Å²) in [5.41, 5.74) is 4.27. The van der Waals surface area contributed by atoms with Gasteiger partial charge in [-0.25, -0.2) is 4.98 Å². The molecule has 2 aromatic heterocycles. The molecule has 0 fully saturated rings. The molecule has 98 valence electrons. The van der Waals surface area contributed by atoms with Gasteiger partial charge < -0.3 is 4.57 Å². The van der Waals surface area contributed by atoms with Crippen molar-refractivity contribution in [3.63, 3.8) is 0 Å². The fourth-order valence-electron chi connectivity index (χ4n) is 2.39. The van der Waals surface area contributed by atoms with Crippen molar-refractivity contribution in [2.24, 2.45) is 7.05 Å². The second-order valence-corrected chi connectivity index (χ2v) is 5.97. The van der Waals surface area contributed by atoms with Crippen LogP contribution in [0.5, 0.6) is 0 Å². The van der Waals surface area contributed by atoms with Crippen LogP contribution >= 0.6 is 27.5 Å². The Morgan fingerprint density at radius 2 is 1.79 bits per heavy atom. The summed E-state index contributed by atoms with van der Waals surface area (Å²) in [6.45, 7) is 4.16. The molecule has 5 heteroatoms. The number of rotatable bonds is 1. The Morgan fingerprint density at radius 1 is 1.16 bits per heavy atom. The lowest BCUT2D eigenvalue weighted by atomic mass is 10.3. The lowest BCUT2D eigenvalue weighted by molar-refractivity contribution is 0.806. The average Bonchev–Trinajstić information content (AvgIpc) is 2.82. The highest BCUT2D eigenvalue weighted by molar-refractivity contribution is 9.10. The van der Waals surface area contributed by atoms with Crippen molar-refractivity contribution in [3.8, 4) is 5.95 Å². The third-order valence-corrected chi connectivity index (χ3v) is 4.18. The monoisotopic (exact) mass is 337 g/mol. The Bertz CT molecular complexity index is 766. The minimum Gasteiger partial charge on any atom is -0.313 e. The van der Waals surface area contributed by atoms with Crippen LogP contribution in [0.2, 0.25) is 5.02 Å². The summed E-state index contributed by atoms with van der Waals surface area (Å²) in [7, 11) is 2.01. The molecule has 3 aromatic rings. The van der Waals surface area contributed by atoms with E-state index in [2.05, 4.69) is 51.0 Å². The van der Waals surface area contributed by atoms with Crippen LogP contribution in [-0.2, 0) is 7.05 Å². The molecule has 0 aliphatic carbocycles. The maximum absolute atomic E-state index is 6.11. The number of fused-ring (bicyclic) bond motifs is 1. The molecule has 3 rings (SSSR count). The van der Waals surface area contributed by atoms with Crippen LogP contribution in [0.15, 0.2) is 28.7 Å². The predicted molar refractivity (Wildman–Crippen MR) is 82.2 cm³/mol. The molecule has 0 amide bonds. The van der Waals surface area contributed by atoms with Crippen LogP contribution in [0, 0.1) is 13.8 Å². The summed E-state index contributed by atoms with van der Waals surface area (Å²) in [6, 6.07) is 8.00. The van der Waals surface area contributed by atoms with Crippen molar-refractivity contribution in [2.45, 2.75) is 13.8 Å². The van der Waals surface area contributed by atoms with Gasteiger partial charge in [0.2, 0.25) is 5.95 Å². The van der Waals surface area contributed by atoms with Crippen molar-refractivity contribution < 1.29 is 0 Å². The van der Waals surface area contributed by atoms with Gasteiger partial charge in [0.25, 0.3) is 0 Å². The van der Waals surface area contributed by atoms with Gasteiger partial charge in [0.15, 0.2) is 0 Å². The van der Waals surface area contributed by atoms with Gasteiger partial charge in [0.1, 0.15) is 5.52 Å². The number of aryl methyl sites for hydroxylation is 3. The maximum Gasteiger partial charge on any atom is 0.215 e. The molecule has 0 N–H and O–H groups in total. The molecule has 0 unspecified atom stereocenters. The molecule has 0 spiro atoms. The lowest BCUT2D eigenvalue weighted by Gasteiger charge is -2.08. The lowest BCUT2D eigenvalue weighted by Crippen LogP contribution is -2.06. The van der Waals surface area contributed by atoms with Gasteiger partial charge in [-0.3, -0.25) is 4.57 Å². The highest BCUT2D eigenvalue weighted by Crippen LogP contribution is 2.29. The Kier molecular flexibility index (Phi) is 2.95. The van der Waals surface area contributed by atoms with Gasteiger partial charge >= 0.3 is 0 Å². The van der Waals surface area contributed by atoms with Crippen molar-refractivity contribution in [3.05, 3.63) is 45.1 Å². The van der Waals surface area contributed by atoms with Gasteiger partial charge in [-0.05, 0) is 54.0 Å². The minimum atomic E-state index is 0.704. The number of hydrogen-bond acceptors (Lipinski definition) is 1. The zero-order chi connectivity index (χ0) is 13.7. The van der Waals surface area contributed by atoms with E-state index in [1.54, 1.807) is 0 Å². The first kappa shape index (κ1) is 12.8. The van der Waals surface area contributed by atoms with E-state index in [9.17, 15) is 0 Å². The molecule has 0 saturated heterocycles. The molecule has 1 aromatic carbocycles.